The molecule has 2 amide bonds. The van der Waals surface area contributed by atoms with Crippen molar-refractivity contribution in [3.05, 3.63) is 53.8 Å². The third-order valence-electron chi connectivity index (χ3n) is 5.28. The number of methoxy groups -OCH3 is 1. The largest absolute Gasteiger partial charge is 0.375 e. The zero-order valence-electron chi connectivity index (χ0n) is 18.5. The summed E-state index contributed by atoms with van der Waals surface area (Å²) in [5, 5.41) is 8.33. The first-order valence-electron chi connectivity index (χ1n) is 10.4. The number of nitrogens with one attached hydrogen (secondary N) is 1. The molecule has 1 unspecified atom stereocenters. The SMILES string of the molecule is COCC(=O)NCCN1N=C(c2ccc3c(c2)nc(-c2cccc(F)c2)n3C)C(C)SC1=O. The predicted octanol–water partition coefficient (Wildman–Crippen LogP) is 3.40. The second-order valence-electron chi connectivity index (χ2n) is 7.63. The molecule has 2 heterocycles. The van der Waals surface area contributed by atoms with Gasteiger partial charge in [-0.05, 0) is 31.2 Å². The van der Waals surface area contributed by atoms with Crippen molar-refractivity contribution in [2.45, 2.75) is 12.2 Å². The third-order valence-corrected chi connectivity index (χ3v) is 6.27. The van der Waals surface area contributed by atoms with Crippen LogP contribution in [0.4, 0.5) is 9.18 Å². The number of imidazole rings is 1. The quantitative estimate of drug-likeness (QED) is 0.573. The summed E-state index contributed by atoms with van der Waals surface area (Å²) < 4.78 is 20.4. The van der Waals surface area contributed by atoms with Crippen molar-refractivity contribution in [3.8, 4) is 11.4 Å². The van der Waals surface area contributed by atoms with Crippen molar-refractivity contribution < 1.29 is 18.7 Å². The van der Waals surface area contributed by atoms with E-state index >= 15 is 0 Å². The van der Waals surface area contributed by atoms with E-state index in [1.807, 2.05) is 42.8 Å². The van der Waals surface area contributed by atoms with Gasteiger partial charge in [0.15, 0.2) is 0 Å². The van der Waals surface area contributed by atoms with E-state index in [4.69, 9.17) is 9.72 Å². The third kappa shape index (κ3) is 4.91. The fourth-order valence-corrected chi connectivity index (χ4v) is 4.53. The summed E-state index contributed by atoms with van der Waals surface area (Å²) in [4.78, 5) is 28.7. The van der Waals surface area contributed by atoms with E-state index in [9.17, 15) is 14.0 Å². The Morgan fingerprint density at radius 1 is 1.24 bits per heavy atom. The van der Waals surface area contributed by atoms with Gasteiger partial charge < -0.3 is 14.6 Å². The van der Waals surface area contributed by atoms with Gasteiger partial charge in [-0.25, -0.2) is 14.4 Å². The second-order valence-corrected chi connectivity index (χ2v) is 8.92. The molecule has 8 nitrogen and oxygen atoms in total. The van der Waals surface area contributed by atoms with E-state index in [-0.39, 0.29) is 41.9 Å². The van der Waals surface area contributed by atoms with Crippen LogP contribution in [0.25, 0.3) is 22.4 Å². The number of nitrogens with zero attached hydrogens (tertiary/aromatic N) is 4. The Hall–Kier alpha value is -3.24. The Bertz CT molecular complexity index is 1240. The molecule has 0 radical (unpaired) electrons. The smallest absolute Gasteiger partial charge is 0.302 e. The van der Waals surface area contributed by atoms with Gasteiger partial charge in [-0.15, -0.1) is 0 Å². The van der Waals surface area contributed by atoms with E-state index in [0.717, 1.165) is 22.3 Å². The van der Waals surface area contributed by atoms with Gasteiger partial charge in [0.2, 0.25) is 5.91 Å². The fraction of sp³-hybridized carbons (Fsp3) is 0.304. The van der Waals surface area contributed by atoms with Crippen LogP contribution in [-0.4, -0.2) is 63.5 Å². The highest BCUT2D eigenvalue weighted by Crippen LogP contribution is 2.29. The predicted molar refractivity (Wildman–Crippen MR) is 127 cm³/mol. The molecule has 172 valence electrons. The summed E-state index contributed by atoms with van der Waals surface area (Å²) in [6.45, 7) is 2.43. The Morgan fingerprint density at radius 2 is 2.06 bits per heavy atom. The van der Waals surface area contributed by atoms with Crippen molar-refractivity contribution >= 4 is 39.7 Å². The lowest BCUT2D eigenvalue weighted by Crippen LogP contribution is -2.39. The van der Waals surface area contributed by atoms with Crippen molar-refractivity contribution in [1.29, 1.82) is 0 Å². The van der Waals surface area contributed by atoms with E-state index < -0.39 is 0 Å². The molecule has 10 heteroatoms. The van der Waals surface area contributed by atoms with Crippen LogP contribution in [0.15, 0.2) is 47.6 Å². The minimum Gasteiger partial charge on any atom is -0.375 e. The molecular weight excluding hydrogens is 445 g/mol. The number of hydrogen-bond donors (Lipinski definition) is 1. The van der Waals surface area contributed by atoms with Crippen LogP contribution < -0.4 is 5.32 Å². The first kappa shape index (κ1) is 22.9. The number of aromatic nitrogens is 2. The number of ether oxygens (including phenoxy) is 1. The van der Waals surface area contributed by atoms with Crippen molar-refractivity contribution in [2.75, 3.05) is 26.8 Å². The van der Waals surface area contributed by atoms with Gasteiger partial charge in [0, 0.05) is 31.8 Å². The highest BCUT2D eigenvalue weighted by molar-refractivity contribution is 8.14. The monoisotopic (exact) mass is 469 g/mol. The van der Waals surface area contributed by atoms with E-state index in [1.54, 1.807) is 6.07 Å². The number of fused-ring (bicyclic) bond motifs is 1. The first-order valence-corrected chi connectivity index (χ1v) is 11.3. The number of aryl methyl sites for hydroxylation is 1. The topological polar surface area (TPSA) is 88.8 Å². The van der Waals surface area contributed by atoms with E-state index in [2.05, 4.69) is 10.4 Å². The molecule has 1 atom stereocenters. The Morgan fingerprint density at radius 3 is 2.82 bits per heavy atom. The lowest BCUT2D eigenvalue weighted by Gasteiger charge is -2.27. The van der Waals surface area contributed by atoms with Gasteiger partial charge in [-0.1, -0.05) is 30.0 Å². The number of hydrazone groups is 1. The van der Waals surface area contributed by atoms with E-state index in [1.165, 1.54) is 36.0 Å². The number of halogens is 1. The van der Waals surface area contributed by atoms with Crippen LogP contribution in [0.1, 0.15) is 12.5 Å². The van der Waals surface area contributed by atoms with Crippen LogP contribution in [-0.2, 0) is 16.6 Å². The van der Waals surface area contributed by atoms with Crippen molar-refractivity contribution in [2.24, 2.45) is 12.1 Å². The minimum absolute atomic E-state index is 0.0318. The number of carbonyl (C=O) groups is 2. The summed E-state index contributed by atoms with van der Waals surface area (Å²) >= 11 is 1.19. The highest BCUT2D eigenvalue weighted by Gasteiger charge is 2.28. The fourth-order valence-electron chi connectivity index (χ4n) is 3.68. The number of rotatable bonds is 7. The molecule has 33 heavy (non-hydrogen) atoms. The second kappa shape index (κ2) is 9.72. The van der Waals surface area contributed by atoms with Gasteiger partial charge in [-0.2, -0.15) is 5.10 Å². The molecule has 0 aliphatic carbocycles. The highest BCUT2D eigenvalue weighted by atomic mass is 32.2. The Balaban J connectivity index is 1.61. The maximum absolute atomic E-state index is 13.7. The molecule has 3 aromatic rings. The molecule has 0 saturated heterocycles. The normalized spacial score (nSPS) is 16.2. The van der Waals surface area contributed by atoms with Gasteiger partial charge in [0.05, 0.1) is 28.5 Å². The lowest BCUT2D eigenvalue weighted by atomic mass is 10.1. The number of hydrogen-bond acceptors (Lipinski definition) is 6. The maximum Gasteiger partial charge on any atom is 0.302 e. The molecule has 0 spiro atoms. The summed E-state index contributed by atoms with van der Waals surface area (Å²) in [6.07, 6.45) is 0. The molecule has 4 rings (SSSR count). The number of amides is 2. The Kier molecular flexibility index (Phi) is 6.75. The van der Waals surface area contributed by atoms with Gasteiger partial charge in [-0.3, -0.25) is 9.59 Å². The first-order chi connectivity index (χ1) is 15.9. The van der Waals surface area contributed by atoms with Crippen molar-refractivity contribution in [1.82, 2.24) is 19.9 Å². The average molecular weight is 470 g/mol. The number of carbonyl (C=O) groups excluding carboxylic acids is 2. The molecule has 2 aromatic carbocycles. The van der Waals surface area contributed by atoms with Crippen LogP contribution in [0.3, 0.4) is 0 Å². The summed E-state index contributed by atoms with van der Waals surface area (Å²) in [5.41, 5.74) is 3.96. The molecule has 0 bridgehead atoms. The average Bonchev–Trinajstić information content (AvgIpc) is 3.11. The maximum atomic E-state index is 13.7. The molecule has 0 fully saturated rings. The summed E-state index contributed by atoms with van der Waals surface area (Å²) in [6, 6.07) is 12.2. The Labute approximate surface area is 194 Å². The zero-order chi connectivity index (χ0) is 23.5. The summed E-state index contributed by atoms with van der Waals surface area (Å²) in [5.74, 6) is 0.103. The van der Waals surface area contributed by atoms with Crippen LogP contribution >= 0.6 is 11.8 Å². The van der Waals surface area contributed by atoms with Crippen LogP contribution in [0.2, 0.25) is 0 Å². The van der Waals surface area contributed by atoms with Crippen LogP contribution in [0.5, 0.6) is 0 Å². The van der Waals surface area contributed by atoms with Gasteiger partial charge in [0.1, 0.15) is 18.2 Å². The molecule has 1 aliphatic heterocycles. The molecule has 1 aliphatic rings. The minimum atomic E-state index is -0.314. The molecule has 0 saturated carbocycles. The van der Waals surface area contributed by atoms with Crippen LogP contribution in [0, 0.1) is 5.82 Å². The standard InChI is InChI=1S/C23H24FN5O3S/c1-14-21(27-29(23(31)33-14)10-9-25-20(30)13-32-3)15-7-8-19-18(12-15)26-22(28(19)2)16-5-4-6-17(24)11-16/h4-8,11-12,14H,9-10,13H2,1-3H3,(H,25,30). The lowest BCUT2D eigenvalue weighted by molar-refractivity contribution is -0.124. The number of benzene rings is 2. The van der Waals surface area contributed by atoms with Crippen molar-refractivity contribution in [3.63, 3.8) is 0 Å². The molecular formula is C23H24FN5O3S. The summed E-state index contributed by atoms with van der Waals surface area (Å²) in [7, 11) is 3.34. The number of thioether (sulfide) groups is 1. The molecule has 1 aromatic heterocycles. The zero-order valence-corrected chi connectivity index (χ0v) is 19.4. The van der Waals surface area contributed by atoms with Gasteiger partial charge in [0.25, 0.3) is 0 Å². The van der Waals surface area contributed by atoms with E-state index in [0.29, 0.717) is 11.4 Å². The molecule has 1 N–H and O–H groups in total. The van der Waals surface area contributed by atoms with Gasteiger partial charge >= 0.3 is 5.24 Å².